The van der Waals surface area contributed by atoms with Crippen LogP contribution in [0.1, 0.15) is 117 Å². The summed E-state index contributed by atoms with van der Waals surface area (Å²) >= 11 is 0. The molecule has 85 heavy (non-hydrogen) atoms. The first-order chi connectivity index (χ1) is 40.2. The Hall–Kier alpha value is -8.22. The number of carboxylic acid groups (broad SMARTS) is 1. The summed E-state index contributed by atoms with van der Waals surface area (Å²) in [5.41, 5.74) is -0.311. The van der Waals surface area contributed by atoms with Crippen LogP contribution in [0.4, 0.5) is 20.6 Å². The van der Waals surface area contributed by atoms with Crippen molar-refractivity contribution in [1.82, 2.24) is 14.3 Å². The number of phenolic OH excluding ortho intramolecular Hbond substituents is 3. The second-order valence-corrected chi connectivity index (χ2v) is 23.1. The first-order valence-corrected chi connectivity index (χ1v) is 28.4. The number of rotatable bonds is 8. The van der Waals surface area contributed by atoms with Gasteiger partial charge in [-0.05, 0) is 62.8 Å². The number of ether oxygens (including phenoxy) is 5. The number of piperazine rings is 1. The first kappa shape index (κ1) is 61.3. The number of esters is 1. The highest BCUT2D eigenvalue weighted by atomic mass is 19.1. The molecule has 10 atom stereocenters. The molecule has 456 valence electrons. The van der Waals surface area contributed by atoms with Crippen LogP contribution in [0, 0.1) is 43.3 Å². The van der Waals surface area contributed by atoms with Gasteiger partial charge in [-0.2, -0.15) is 5.10 Å². The number of carbonyl (C=O) groups is 5. The fraction of sp³-hybridized carbons (Fsp3) is 0.492. The summed E-state index contributed by atoms with van der Waals surface area (Å²) in [6, 6.07) is 1.39. The zero-order chi connectivity index (χ0) is 61.8. The number of hydrogen-bond acceptors (Lipinski definition) is 19. The Morgan fingerprint density at radius 1 is 0.871 bits per heavy atom. The number of anilines is 2. The highest BCUT2D eigenvalue weighted by molar-refractivity contribution is 6.24. The molecule has 7 heterocycles. The number of hydrogen-bond donors (Lipinski definition) is 7. The third-order valence-corrected chi connectivity index (χ3v) is 17.3. The highest BCUT2D eigenvalue weighted by Crippen LogP contribution is 2.55. The summed E-state index contributed by atoms with van der Waals surface area (Å²) in [6.45, 7) is 14.9. The number of aromatic nitrogens is 1. The topological polar surface area (TPSA) is 308 Å². The number of hydrazone groups is 1. The summed E-state index contributed by atoms with van der Waals surface area (Å²) in [6.07, 6.45) is 6.03. The Balaban J connectivity index is 0.986. The summed E-state index contributed by atoms with van der Waals surface area (Å²) in [4.78, 5) is 83.3. The Labute approximate surface area is 489 Å². The van der Waals surface area contributed by atoms with Gasteiger partial charge in [-0.15, -0.1) is 0 Å². The van der Waals surface area contributed by atoms with Crippen LogP contribution in [0.15, 0.2) is 58.3 Å². The number of Topliss-reactive ketones (excluding diaryl/α,β-unsaturated/α-hetero) is 1. The zero-order valence-corrected chi connectivity index (χ0v) is 49.0. The smallest absolute Gasteiger partial charge is 0.410 e. The maximum atomic E-state index is 16.0. The Morgan fingerprint density at radius 3 is 2.21 bits per heavy atom. The number of halogens is 1. The molecule has 2 aromatic carbocycles. The molecule has 5 aliphatic heterocycles. The van der Waals surface area contributed by atoms with E-state index in [1.165, 1.54) is 64.0 Å². The van der Waals surface area contributed by atoms with Crippen molar-refractivity contribution in [2.24, 2.45) is 28.8 Å². The van der Waals surface area contributed by atoms with E-state index >= 15 is 4.39 Å². The van der Waals surface area contributed by atoms with Crippen molar-refractivity contribution in [2.75, 3.05) is 56.6 Å². The second kappa shape index (κ2) is 24.0. The minimum Gasteiger partial charge on any atom is -0.507 e. The number of methoxy groups -OCH3 is 1. The number of aliphatic hydroxyl groups is 2. The van der Waals surface area contributed by atoms with Crippen molar-refractivity contribution in [2.45, 2.75) is 124 Å². The molecule has 10 rings (SSSR count). The average Bonchev–Trinajstić information content (AvgIpc) is 1.78. The van der Waals surface area contributed by atoms with Gasteiger partial charge < -0.3 is 69.4 Å². The molecule has 24 heteroatoms. The molecular weight excluding hydrogens is 1110 g/mol. The van der Waals surface area contributed by atoms with Crippen molar-refractivity contribution < 1.29 is 82.7 Å². The van der Waals surface area contributed by atoms with Gasteiger partial charge in [0.1, 0.15) is 35.0 Å². The number of benzene rings is 2. The van der Waals surface area contributed by atoms with Gasteiger partial charge in [0.25, 0.3) is 17.2 Å². The van der Waals surface area contributed by atoms with E-state index in [1.807, 2.05) is 0 Å². The SMILES string of the molecule is CO[C@H]1/C=C/O[C@@]2(C)Oc3c(C)c(O)c4c(O)c(c(/C=N/N5CCN(C(=O)O[C@H]6CCN(c7c(F)cn8c(=O)c(C(=O)O)cc(C9CC9)c8c7C)C6)CC5)c(O)c4c3C2=O)NC(=O)/C(C)=C\C=C\[C@H](C)[C@H](O)[C@@H](C)[C@@H](O)[C@@H](C)[C@H](OC(C)=O)[C@@H]1C. The van der Waals surface area contributed by atoms with Gasteiger partial charge in [-0.3, -0.25) is 28.6 Å². The van der Waals surface area contributed by atoms with Crippen molar-refractivity contribution in [1.29, 1.82) is 0 Å². The first-order valence-electron chi connectivity index (χ1n) is 28.4. The number of aromatic hydroxyl groups is 3. The van der Waals surface area contributed by atoms with E-state index in [-0.39, 0.29) is 77.7 Å². The number of aromatic carboxylic acids is 1. The van der Waals surface area contributed by atoms with Gasteiger partial charge in [0.15, 0.2) is 11.6 Å². The molecule has 1 aliphatic carbocycles. The minimum absolute atomic E-state index is 0.0196. The number of nitrogens with one attached hydrogen (secondary N) is 1. The van der Waals surface area contributed by atoms with Crippen LogP contribution >= 0.6 is 0 Å². The van der Waals surface area contributed by atoms with Crippen molar-refractivity contribution >= 4 is 63.6 Å². The van der Waals surface area contributed by atoms with E-state index in [2.05, 4.69) is 10.4 Å². The number of allylic oxidation sites excluding steroid dienone is 2. The van der Waals surface area contributed by atoms with Gasteiger partial charge in [-0.1, -0.05) is 45.9 Å². The van der Waals surface area contributed by atoms with Crippen LogP contribution < -0.4 is 20.5 Å². The molecule has 5 bridgehead atoms. The highest BCUT2D eigenvalue weighted by Gasteiger charge is 2.50. The van der Waals surface area contributed by atoms with E-state index < -0.39 is 135 Å². The Kier molecular flexibility index (Phi) is 17.3. The molecule has 2 saturated heterocycles. The van der Waals surface area contributed by atoms with Gasteiger partial charge in [0.2, 0.25) is 0 Å². The quantitative estimate of drug-likeness (QED) is 0.0415. The Bertz CT molecular complexity index is 3570. The number of amides is 2. The lowest BCUT2D eigenvalue weighted by molar-refractivity contribution is -0.160. The number of nitrogens with zero attached hydrogens (tertiary/aromatic N) is 5. The monoisotopic (exact) mass is 1180 g/mol. The molecule has 6 aliphatic rings. The maximum Gasteiger partial charge on any atom is 0.410 e. The van der Waals surface area contributed by atoms with Crippen LogP contribution in [-0.2, 0) is 28.5 Å². The van der Waals surface area contributed by atoms with Gasteiger partial charge in [-0.25, -0.2) is 14.0 Å². The predicted molar refractivity (Wildman–Crippen MR) is 309 cm³/mol. The summed E-state index contributed by atoms with van der Waals surface area (Å²) in [5.74, 6) is -11.4. The number of aliphatic hydroxyl groups excluding tert-OH is 2. The lowest BCUT2D eigenvalue weighted by Gasteiger charge is -2.38. The molecule has 4 aromatic rings. The number of ketones is 1. The number of fused-ring (bicyclic) bond motifs is 15. The zero-order valence-electron chi connectivity index (χ0n) is 49.0. The number of pyridine rings is 2. The lowest BCUT2D eigenvalue weighted by Crippen LogP contribution is -2.47. The summed E-state index contributed by atoms with van der Waals surface area (Å²) < 4.78 is 46.8. The van der Waals surface area contributed by atoms with Crippen LogP contribution in [0.5, 0.6) is 23.0 Å². The predicted octanol–water partition coefficient (Wildman–Crippen LogP) is 6.76. The molecular formula is C61H73FN6O17. The standard InChI is InChI=1S/C61H73FN6O17/c1-28-12-11-13-29(2)57(76)64-46-40(25-63-67-21-19-65(20-22-67)60(80)84-37-16-18-66(26-37)48-31(4)47-38(36-14-15-36)24-39(59(78)79)58(77)68(47)27-41(48)62)52(73)43-44(53(46)74)51(72)34(7)55-45(43)56(75)61(9,85-55)82-23-17-42(81-10)30(3)54(83-35(8)69)33(6)50(71)32(5)49(28)70/h11-13,17,23-25,27-28,30,32-33,36-37,42,49-50,54,70-74H,14-16,18-22,26H2,1-10H3,(H,64,76)(H,78,79)/b12-11+,23-17+,29-13-,63-25+/t28-,30+,32+,33+,37-,42-,49-,50+,54+,61-/m0/s1. The molecule has 23 nitrogen and oxygen atoms in total. The van der Waals surface area contributed by atoms with Crippen LogP contribution in [0.25, 0.3) is 16.3 Å². The molecule has 2 aromatic heterocycles. The lowest BCUT2D eigenvalue weighted by atomic mass is 9.78. The summed E-state index contributed by atoms with van der Waals surface area (Å²) in [5, 5.41) is 77.3. The third kappa shape index (κ3) is 11.6. The number of carboxylic acids is 1. The maximum absolute atomic E-state index is 16.0. The molecule has 0 radical (unpaired) electrons. The minimum atomic E-state index is -2.15. The average molecular weight is 1180 g/mol. The van der Waals surface area contributed by atoms with E-state index in [9.17, 15) is 59.4 Å². The third-order valence-electron chi connectivity index (χ3n) is 17.3. The largest absolute Gasteiger partial charge is 0.507 e. The number of phenols is 3. The van der Waals surface area contributed by atoms with E-state index in [4.69, 9.17) is 23.7 Å². The second-order valence-electron chi connectivity index (χ2n) is 23.1. The number of carbonyl (C=O) groups excluding carboxylic acids is 4. The van der Waals surface area contributed by atoms with Gasteiger partial charge in [0.05, 0.1) is 90.0 Å². The van der Waals surface area contributed by atoms with E-state index in [0.29, 0.717) is 29.6 Å². The van der Waals surface area contributed by atoms with Gasteiger partial charge >= 0.3 is 23.8 Å². The fourth-order valence-electron chi connectivity index (χ4n) is 12.1. The molecule has 7 N–H and O–H groups in total. The molecule has 3 fully saturated rings. The van der Waals surface area contributed by atoms with Crippen LogP contribution in [0.2, 0.25) is 0 Å². The van der Waals surface area contributed by atoms with Crippen molar-refractivity contribution in [3.8, 4) is 23.0 Å². The Morgan fingerprint density at radius 2 is 1.56 bits per heavy atom. The number of aryl methyl sites for hydroxylation is 1. The van der Waals surface area contributed by atoms with Crippen LogP contribution in [0.3, 0.4) is 0 Å². The normalized spacial score (nSPS) is 28.3. The molecule has 1 saturated carbocycles. The van der Waals surface area contributed by atoms with Crippen molar-refractivity contribution in [3.05, 3.63) is 98.0 Å². The fourth-order valence-corrected chi connectivity index (χ4v) is 12.1. The van der Waals surface area contributed by atoms with Crippen LogP contribution in [-0.4, -0.2) is 164 Å². The van der Waals surface area contributed by atoms with Gasteiger partial charge in [0, 0.05) is 87.2 Å². The molecule has 2 amide bonds. The molecule has 0 spiro atoms. The molecule has 0 unspecified atom stereocenters. The van der Waals surface area contributed by atoms with E-state index in [1.54, 1.807) is 50.6 Å². The van der Waals surface area contributed by atoms with Crippen molar-refractivity contribution in [3.63, 3.8) is 0 Å². The summed E-state index contributed by atoms with van der Waals surface area (Å²) in [7, 11) is 1.41. The van der Waals surface area contributed by atoms with E-state index in [0.717, 1.165) is 35.9 Å².